The fourth-order valence-corrected chi connectivity index (χ4v) is 3.56. The number of nitrogens with one attached hydrogen (secondary N) is 1. The van der Waals surface area contributed by atoms with Crippen LogP contribution in [-0.4, -0.2) is 24.1 Å². The van der Waals surface area contributed by atoms with Gasteiger partial charge in [0, 0.05) is 16.9 Å². The predicted molar refractivity (Wildman–Crippen MR) is 103 cm³/mol. The molecule has 2 aromatic carbocycles. The van der Waals surface area contributed by atoms with Crippen molar-refractivity contribution in [3.05, 3.63) is 70.5 Å². The van der Waals surface area contributed by atoms with E-state index in [2.05, 4.69) is 10.4 Å². The molecule has 3 N–H and O–H groups in total. The molecule has 0 radical (unpaired) electrons. The van der Waals surface area contributed by atoms with Crippen LogP contribution in [-0.2, 0) is 21.2 Å². The summed E-state index contributed by atoms with van der Waals surface area (Å²) in [4.78, 5) is 11.9. The molecule has 0 unspecified atom stereocenters. The highest BCUT2D eigenvalue weighted by atomic mass is 35.5. The minimum Gasteiger partial charge on any atom is -0.326 e. The van der Waals surface area contributed by atoms with Crippen molar-refractivity contribution in [1.82, 2.24) is 9.78 Å². The smallest absolute Gasteiger partial charge is 0.240 e. The van der Waals surface area contributed by atoms with Gasteiger partial charge in [0.15, 0.2) is 11.6 Å². The van der Waals surface area contributed by atoms with Crippen LogP contribution in [0.2, 0.25) is 5.02 Å². The third-order valence-electron chi connectivity index (χ3n) is 3.95. The van der Waals surface area contributed by atoms with Gasteiger partial charge in [0.05, 0.1) is 23.9 Å². The van der Waals surface area contributed by atoms with Crippen molar-refractivity contribution in [3.8, 4) is 11.8 Å². The van der Waals surface area contributed by atoms with E-state index < -0.39 is 27.6 Å². The Morgan fingerprint density at radius 1 is 1.27 bits per heavy atom. The molecule has 0 aliphatic rings. The Labute approximate surface area is 174 Å². The fraction of sp³-hybridized carbons (Fsp3) is 0.0556. The molecular weight excluding hydrogens is 440 g/mol. The first-order valence-corrected chi connectivity index (χ1v) is 10.1. The zero-order valence-electron chi connectivity index (χ0n) is 14.9. The minimum atomic E-state index is -4.22. The average molecular weight is 452 g/mol. The summed E-state index contributed by atoms with van der Waals surface area (Å²) in [5, 5.41) is 20.4. The summed E-state index contributed by atoms with van der Waals surface area (Å²) >= 11 is 5.82. The van der Waals surface area contributed by atoms with Crippen molar-refractivity contribution in [2.75, 3.05) is 5.32 Å². The maximum Gasteiger partial charge on any atom is 0.240 e. The molecule has 8 nitrogen and oxygen atoms in total. The Morgan fingerprint density at radius 2 is 1.97 bits per heavy atom. The average Bonchev–Trinajstić information content (AvgIpc) is 3.14. The van der Waals surface area contributed by atoms with Crippen molar-refractivity contribution in [2.24, 2.45) is 5.14 Å². The molecule has 1 heterocycles. The van der Waals surface area contributed by atoms with Crippen LogP contribution < -0.4 is 10.5 Å². The van der Waals surface area contributed by atoms with Crippen LogP contribution in [0.25, 0.3) is 5.69 Å². The maximum atomic E-state index is 13.4. The van der Waals surface area contributed by atoms with E-state index in [1.807, 2.05) is 6.07 Å². The van der Waals surface area contributed by atoms with Gasteiger partial charge in [0.2, 0.25) is 15.9 Å². The van der Waals surface area contributed by atoms with Crippen LogP contribution in [0.15, 0.2) is 47.6 Å². The van der Waals surface area contributed by atoms with Crippen molar-refractivity contribution in [2.45, 2.75) is 11.3 Å². The highest BCUT2D eigenvalue weighted by Crippen LogP contribution is 2.24. The summed E-state index contributed by atoms with van der Waals surface area (Å²) in [5.41, 5.74) is 0.410. The van der Waals surface area contributed by atoms with Crippen LogP contribution in [0.1, 0.15) is 11.1 Å². The highest BCUT2D eigenvalue weighted by Gasteiger charge is 2.19. The molecule has 0 atom stereocenters. The molecule has 12 heteroatoms. The second-order valence-corrected chi connectivity index (χ2v) is 8.03. The van der Waals surface area contributed by atoms with E-state index in [4.69, 9.17) is 22.0 Å². The molecule has 0 aliphatic heterocycles. The number of carbonyl (C=O) groups is 1. The Balaban J connectivity index is 1.89. The van der Waals surface area contributed by atoms with Gasteiger partial charge in [-0.3, -0.25) is 4.79 Å². The first kappa shape index (κ1) is 21.4. The van der Waals surface area contributed by atoms with Gasteiger partial charge >= 0.3 is 0 Å². The number of benzene rings is 2. The minimum absolute atomic E-state index is 0.0527. The summed E-state index contributed by atoms with van der Waals surface area (Å²) in [6.07, 6.45) is 2.18. The monoisotopic (exact) mass is 451 g/mol. The Morgan fingerprint density at radius 3 is 2.60 bits per heavy atom. The molecule has 3 rings (SSSR count). The van der Waals surface area contributed by atoms with Crippen LogP contribution >= 0.6 is 11.6 Å². The second kappa shape index (κ2) is 8.19. The number of nitriles is 1. The standard InChI is InChI=1S/C18H12ClF2N5O3S/c19-13-6-15(21)14(20)3-11(13)4-18(27)25-12-1-2-16(17(5-12)30(23,28)29)26-9-10(7-22)8-24-26/h1-3,5-6,8-9H,4H2,(H,25,27)(H2,23,28,29). The number of primary sulfonamides is 1. The number of anilines is 1. The van der Waals surface area contributed by atoms with Gasteiger partial charge in [0.25, 0.3) is 0 Å². The lowest BCUT2D eigenvalue weighted by Crippen LogP contribution is -2.18. The van der Waals surface area contributed by atoms with Crippen molar-refractivity contribution < 1.29 is 22.0 Å². The molecule has 0 aliphatic carbocycles. The van der Waals surface area contributed by atoms with Gasteiger partial charge in [-0.1, -0.05) is 11.6 Å². The molecule has 3 aromatic rings. The predicted octanol–water partition coefficient (Wildman–Crippen LogP) is 2.50. The molecule has 0 fully saturated rings. The summed E-state index contributed by atoms with van der Waals surface area (Å²) in [7, 11) is -4.22. The Kier molecular flexibility index (Phi) is 5.84. The van der Waals surface area contributed by atoms with Gasteiger partial charge in [-0.15, -0.1) is 0 Å². The molecule has 1 aromatic heterocycles. The molecule has 1 amide bonds. The third-order valence-corrected chi connectivity index (χ3v) is 5.24. The molecular formula is C18H12ClF2N5O3S. The normalized spacial score (nSPS) is 11.2. The van der Waals surface area contributed by atoms with Gasteiger partial charge in [0.1, 0.15) is 11.0 Å². The first-order valence-electron chi connectivity index (χ1n) is 8.14. The number of nitrogens with two attached hydrogens (primary N) is 1. The highest BCUT2D eigenvalue weighted by molar-refractivity contribution is 7.89. The number of sulfonamides is 1. The van der Waals surface area contributed by atoms with E-state index in [-0.39, 0.29) is 38.8 Å². The number of hydrogen-bond donors (Lipinski definition) is 2. The number of hydrogen-bond acceptors (Lipinski definition) is 5. The van der Waals surface area contributed by atoms with E-state index in [9.17, 15) is 22.0 Å². The van der Waals surface area contributed by atoms with E-state index in [1.54, 1.807) is 0 Å². The largest absolute Gasteiger partial charge is 0.326 e. The molecule has 0 spiro atoms. The van der Waals surface area contributed by atoms with Crippen LogP contribution in [0.4, 0.5) is 14.5 Å². The summed E-state index contributed by atoms with van der Waals surface area (Å²) < 4.78 is 51.7. The van der Waals surface area contributed by atoms with Gasteiger partial charge in [-0.2, -0.15) is 10.4 Å². The van der Waals surface area contributed by atoms with Crippen LogP contribution in [0.5, 0.6) is 0 Å². The first-order chi connectivity index (χ1) is 14.1. The molecule has 0 saturated heterocycles. The summed E-state index contributed by atoms with van der Waals surface area (Å²) in [6.45, 7) is 0. The lowest BCUT2D eigenvalue weighted by molar-refractivity contribution is -0.115. The Hall–Kier alpha value is -3.33. The lowest BCUT2D eigenvalue weighted by Gasteiger charge is -2.12. The summed E-state index contributed by atoms with van der Waals surface area (Å²) in [6, 6.07) is 7.28. The molecule has 154 valence electrons. The van der Waals surface area contributed by atoms with E-state index in [1.165, 1.54) is 24.5 Å². The number of rotatable bonds is 5. The molecule has 30 heavy (non-hydrogen) atoms. The number of aromatic nitrogens is 2. The van der Waals surface area contributed by atoms with E-state index in [0.717, 1.165) is 22.9 Å². The molecule has 0 bridgehead atoms. The number of nitrogens with zero attached hydrogens (tertiary/aromatic N) is 3. The fourth-order valence-electron chi connectivity index (χ4n) is 2.60. The summed E-state index contributed by atoms with van der Waals surface area (Å²) in [5.74, 6) is -2.95. The lowest BCUT2D eigenvalue weighted by atomic mass is 10.1. The van der Waals surface area contributed by atoms with Crippen LogP contribution in [0, 0.1) is 23.0 Å². The zero-order valence-corrected chi connectivity index (χ0v) is 16.5. The zero-order chi connectivity index (χ0) is 22.1. The third kappa shape index (κ3) is 4.62. The maximum absolute atomic E-state index is 13.4. The van der Waals surface area contributed by atoms with Gasteiger partial charge < -0.3 is 5.32 Å². The molecule has 0 saturated carbocycles. The number of carbonyl (C=O) groups excluding carboxylic acids is 1. The van der Waals surface area contributed by atoms with Gasteiger partial charge in [-0.05, 0) is 35.9 Å². The number of amides is 1. The van der Waals surface area contributed by atoms with Gasteiger partial charge in [-0.25, -0.2) is 27.0 Å². The van der Waals surface area contributed by atoms with Crippen molar-refractivity contribution >= 4 is 33.2 Å². The van der Waals surface area contributed by atoms with Crippen molar-refractivity contribution in [3.63, 3.8) is 0 Å². The van der Waals surface area contributed by atoms with E-state index in [0.29, 0.717) is 0 Å². The quantitative estimate of drug-likeness (QED) is 0.575. The number of halogens is 3. The SMILES string of the molecule is N#Cc1cnn(-c2ccc(NC(=O)Cc3cc(F)c(F)cc3Cl)cc2S(N)(=O)=O)c1. The second-order valence-electron chi connectivity index (χ2n) is 6.10. The Bertz CT molecular complexity index is 1300. The topological polar surface area (TPSA) is 131 Å². The van der Waals surface area contributed by atoms with E-state index >= 15 is 0 Å². The van der Waals surface area contributed by atoms with Crippen molar-refractivity contribution in [1.29, 1.82) is 5.26 Å². The van der Waals surface area contributed by atoms with Crippen LogP contribution in [0.3, 0.4) is 0 Å².